The van der Waals surface area contributed by atoms with E-state index >= 15 is 0 Å². The zero-order valence-corrected chi connectivity index (χ0v) is 11.2. The molecule has 1 aliphatic carbocycles. The van der Waals surface area contributed by atoms with Crippen LogP contribution in [0.1, 0.15) is 0 Å². The Balaban J connectivity index is 2.52. The summed E-state index contributed by atoms with van der Waals surface area (Å²) >= 11 is 7.50. The molecule has 0 fully saturated rings. The quantitative estimate of drug-likeness (QED) is 0.271. The monoisotopic (exact) mass is 353 g/mol. The van der Waals surface area contributed by atoms with Crippen LogP contribution in [0, 0.1) is 10.1 Å². The molecule has 0 radical (unpaired) electrons. The zero-order valence-electron chi connectivity index (χ0n) is 7.24. The van der Waals surface area contributed by atoms with Gasteiger partial charge in [-0.2, -0.15) is 4.40 Å². The molecule has 0 aromatic carbocycles. The number of halogens is 2. The fourth-order valence-corrected chi connectivity index (χ4v) is 2.99. The van der Waals surface area contributed by atoms with Crippen LogP contribution in [-0.2, 0) is 0 Å². The lowest BCUT2D eigenvalue weighted by atomic mass is 9.99. The molecule has 2 aliphatic rings. The molecule has 0 aromatic heterocycles. The largest absolute Gasteiger partial charge is 0.337 e. The number of fused-ring (bicyclic) bond motifs is 1. The van der Waals surface area contributed by atoms with Gasteiger partial charge in [-0.15, -0.1) is 0 Å². The number of hydrogen-bond donors (Lipinski definition) is 1. The Morgan fingerprint density at radius 3 is 3.07 bits per heavy atom. The van der Waals surface area contributed by atoms with E-state index in [1.54, 1.807) is 6.08 Å². The Labute approximate surface area is 107 Å². The molecule has 0 bridgehead atoms. The van der Waals surface area contributed by atoms with Gasteiger partial charge >= 0.3 is 4.45 Å². The van der Waals surface area contributed by atoms with Crippen LogP contribution in [0.15, 0.2) is 27.8 Å². The first-order valence-electron chi connectivity index (χ1n) is 3.91. The number of alkyl halides is 2. The molecule has 8 heteroatoms. The van der Waals surface area contributed by atoms with Crippen molar-refractivity contribution >= 4 is 49.7 Å². The summed E-state index contributed by atoms with van der Waals surface area (Å²) in [5, 5.41) is 11.6. The number of nitrogens with zero attached hydrogens (tertiary/aromatic N) is 2. The molecule has 0 spiro atoms. The summed E-state index contributed by atoms with van der Waals surface area (Å²) in [5.41, 5.74) is 1.93. The van der Waals surface area contributed by atoms with Crippen LogP contribution in [0.4, 0.5) is 0 Å². The minimum absolute atomic E-state index is 0.394. The van der Waals surface area contributed by atoms with Crippen molar-refractivity contribution in [3.8, 4) is 0 Å². The van der Waals surface area contributed by atoms with E-state index in [1.165, 1.54) is 0 Å². The average Bonchev–Trinajstić information content (AvgIpc) is 2.65. The molecular weight excluding hydrogens is 350 g/mol. The predicted molar refractivity (Wildman–Crippen MR) is 66.8 cm³/mol. The average molecular weight is 355 g/mol. The van der Waals surface area contributed by atoms with Gasteiger partial charge in [-0.1, -0.05) is 15.9 Å². The second-order valence-corrected chi connectivity index (χ2v) is 5.31. The predicted octanol–water partition coefficient (Wildman–Crippen LogP) is 2.18. The molecular formula is C7H5Br2N3O2S. The third-order valence-electron chi connectivity index (χ3n) is 2.01. The van der Waals surface area contributed by atoms with Crippen molar-refractivity contribution in [1.82, 2.24) is 4.72 Å². The van der Waals surface area contributed by atoms with Crippen molar-refractivity contribution in [2.24, 2.45) is 4.40 Å². The van der Waals surface area contributed by atoms with Gasteiger partial charge in [-0.25, -0.2) is 0 Å². The molecule has 0 saturated heterocycles. The van der Waals surface area contributed by atoms with E-state index in [1.807, 2.05) is 6.08 Å². The zero-order chi connectivity index (χ0) is 11.1. The van der Waals surface area contributed by atoms with Crippen LogP contribution < -0.4 is 4.72 Å². The lowest BCUT2D eigenvalue weighted by Crippen LogP contribution is -2.41. The normalized spacial score (nSPS) is 28.5. The first-order valence-corrected chi connectivity index (χ1v) is 6.60. The fraction of sp³-hybridized carbons (Fsp3) is 0.286. The first-order chi connectivity index (χ1) is 7.08. The van der Waals surface area contributed by atoms with Gasteiger partial charge < -0.3 is 4.72 Å². The smallest absolute Gasteiger partial charge is 0.308 e. The summed E-state index contributed by atoms with van der Waals surface area (Å²) in [5.74, 6) is 0. The molecule has 15 heavy (non-hydrogen) atoms. The first kappa shape index (κ1) is 11.2. The van der Waals surface area contributed by atoms with E-state index < -0.39 is 9.37 Å². The Hall–Kier alpha value is -0.340. The summed E-state index contributed by atoms with van der Waals surface area (Å²) in [6.45, 7) is 0. The third kappa shape index (κ3) is 1.74. The maximum atomic E-state index is 11.0. The number of hydrogen-bond acceptors (Lipinski definition) is 5. The molecule has 0 saturated carbocycles. The summed E-state index contributed by atoms with van der Waals surface area (Å²) in [6, 6.07) is 0. The molecule has 1 heterocycles. The van der Waals surface area contributed by atoms with Crippen molar-refractivity contribution in [3.05, 3.63) is 33.5 Å². The Bertz CT molecular complexity index is 420. The van der Waals surface area contributed by atoms with E-state index in [2.05, 4.69) is 41.0 Å². The van der Waals surface area contributed by atoms with Crippen LogP contribution in [0.2, 0.25) is 0 Å². The third-order valence-corrected chi connectivity index (χ3v) is 4.13. The molecule has 1 atom stereocenters. The SMILES string of the molecule is O=[N+]([O-])C1(Br)C=C(CBr)C=C2NSN=C21. The fourth-order valence-electron chi connectivity index (χ4n) is 1.32. The van der Waals surface area contributed by atoms with Crippen LogP contribution in [0.3, 0.4) is 0 Å². The van der Waals surface area contributed by atoms with Crippen molar-refractivity contribution in [1.29, 1.82) is 0 Å². The summed E-state index contributed by atoms with van der Waals surface area (Å²) in [7, 11) is 0. The number of nitro groups is 1. The molecule has 0 amide bonds. The van der Waals surface area contributed by atoms with Gasteiger partial charge in [0.2, 0.25) is 0 Å². The van der Waals surface area contributed by atoms with Gasteiger partial charge in [0.25, 0.3) is 0 Å². The van der Waals surface area contributed by atoms with Gasteiger partial charge in [-0.05, 0) is 11.6 Å². The van der Waals surface area contributed by atoms with Gasteiger partial charge in [0.05, 0.1) is 17.8 Å². The topological polar surface area (TPSA) is 67.5 Å². The van der Waals surface area contributed by atoms with Crippen LogP contribution in [-0.4, -0.2) is 20.4 Å². The second kappa shape index (κ2) is 3.91. The molecule has 80 valence electrons. The minimum Gasteiger partial charge on any atom is -0.308 e. The van der Waals surface area contributed by atoms with Gasteiger partial charge in [-0.3, -0.25) is 10.1 Å². The maximum absolute atomic E-state index is 11.0. The van der Waals surface area contributed by atoms with Gasteiger partial charge in [0.1, 0.15) is 0 Å². The summed E-state index contributed by atoms with van der Waals surface area (Å²) in [6.07, 6.45) is 3.40. The molecule has 2 rings (SSSR count). The number of nitrogens with one attached hydrogen (secondary N) is 1. The highest BCUT2D eigenvalue weighted by Crippen LogP contribution is 2.36. The molecule has 1 aliphatic heterocycles. The number of rotatable bonds is 2. The van der Waals surface area contributed by atoms with Crippen LogP contribution >= 0.6 is 44.0 Å². The van der Waals surface area contributed by atoms with Crippen molar-refractivity contribution in [3.63, 3.8) is 0 Å². The minimum atomic E-state index is -1.41. The Morgan fingerprint density at radius 2 is 2.47 bits per heavy atom. The number of allylic oxidation sites excluding steroid dienone is 2. The van der Waals surface area contributed by atoms with Crippen molar-refractivity contribution in [2.45, 2.75) is 4.45 Å². The molecule has 1 N–H and O–H groups in total. The highest BCUT2D eigenvalue weighted by Gasteiger charge is 2.49. The molecule has 0 aromatic rings. The van der Waals surface area contributed by atoms with E-state index in [4.69, 9.17) is 0 Å². The molecule has 5 nitrogen and oxygen atoms in total. The summed E-state index contributed by atoms with van der Waals surface area (Å²) < 4.78 is 5.51. The standard InChI is InChI=1S/C7H5Br2N3O2S/c8-3-4-1-5-6(11-15-10-5)7(9,2-4)12(13)14/h1-2,10H,3H2. The highest BCUT2D eigenvalue weighted by atomic mass is 79.9. The van der Waals surface area contributed by atoms with E-state index in [0.29, 0.717) is 16.7 Å². The Kier molecular flexibility index (Phi) is 2.91. The van der Waals surface area contributed by atoms with Crippen LogP contribution in [0.5, 0.6) is 0 Å². The highest BCUT2D eigenvalue weighted by molar-refractivity contribution is 9.10. The Morgan fingerprint density at radius 1 is 1.73 bits per heavy atom. The van der Waals surface area contributed by atoms with Crippen molar-refractivity contribution < 1.29 is 4.92 Å². The second-order valence-electron chi connectivity index (χ2n) is 2.97. The maximum Gasteiger partial charge on any atom is 0.337 e. The van der Waals surface area contributed by atoms with E-state index in [0.717, 1.165) is 17.7 Å². The lowest BCUT2D eigenvalue weighted by Gasteiger charge is -2.20. The van der Waals surface area contributed by atoms with Crippen LogP contribution in [0.25, 0.3) is 0 Å². The van der Waals surface area contributed by atoms with Gasteiger partial charge in [0, 0.05) is 32.3 Å². The van der Waals surface area contributed by atoms with E-state index in [-0.39, 0.29) is 0 Å². The van der Waals surface area contributed by atoms with E-state index in [9.17, 15) is 10.1 Å². The summed E-state index contributed by atoms with van der Waals surface area (Å²) in [4.78, 5) is 10.6. The van der Waals surface area contributed by atoms with Crippen molar-refractivity contribution in [2.75, 3.05) is 5.33 Å². The lowest BCUT2D eigenvalue weighted by molar-refractivity contribution is -0.501. The molecule has 1 unspecified atom stereocenters. The van der Waals surface area contributed by atoms with Gasteiger partial charge in [0.15, 0.2) is 5.71 Å².